The Kier molecular flexibility index (Phi) is 15.3. The summed E-state index contributed by atoms with van der Waals surface area (Å²) in [4.78, 5) is 23.6. The lowest BCUT2D eigenvalue weighted by Crippen LogP contribution is -2.19. The minimum absolute atomic E-state index is 0.165. The number of unbranched alkanes of at least 4 members (excludes halogenated alkanes) is 14. The maximum atomic E-state index is 12.1. The molecule has 0 spiro atoms. The van der Waals surface area contributed by atoms with Gasteiger partial charge in [-0.1, -0.05) is 117 Å². The summed E-state index contributed by atoms with van der Waals surface area (Å²) in [7, 11) is 0. The topological polar surface area (TPSA) is 43.4 Å². The highest BCUT2D eigenvalue weighted by Crippen LogP contribution is 2.32. The van der Waals surface area contributed by atoms with Crippen LogP contribution in [0, 0.1) is 11.8 Å². The summed E-state index contributed by atoms with van der Waals surface area (Å²) in [6, 6.07) is 0. The molecule has 28 heavy (non-hydrogen) atoms. The fourth-order valence-electron chi connectivity index (χ4n) is 4.48. The van der Waals surface area contributed by atoms with Crippen molar-refractivity contribution in [1.82, 2.24) is 0 Å². The summed E-state index contributed by atoms with van der Waals surface area (Å²) in [5.41, 5.74) is 0. The van der Waals surface area contributed by atoms with Gasteiger partial charge in [0.2, 0.25) is 0 Å². The average Bonchev–Trinajstić information content (AvgIpc) is 3.02. The minimum Gasteiger partial charge on any atom is -0.393 e. The molecule has 3 heteroatoms. The summed E-state index contributed by atoms with van der Waals surface area (Å²) in [6.07, 6.45) is 23.5. The van der Waals surface area contributed by atoms with Crippen molar-refractivity contribution >= 4 is 11.9 Å². The van der Waals surface area contributed by atoms with Gasteiger partial charge in [-0.15, -0.1) is 0 Å². The molecule has 0 N–H and O–H groups in total. The van der Waals surface area contributed by atoms with E-state index < -0.39 is 0 Å². The van der Waals surface area contributed by atoms with Crippen molar-refractivity contribution in [1.29, 1.82) is 0 Å². The molecule has 0 amide bonds. The molecule has 1 atom stereocenters. The number of cyclic esters (lactones) is 2. The third kappa shape index (κ3) is 11.9. The third-order valence-corrected chi connectivity index (χ3v) is 6.33. The Balaban J connectivity index is 2.21. The molecule has 0 aliphatic carbocycles. The first-order valence-corrected chi connectivity index (χ1v) is 12.4. The van der Waals surface area contributed by atoms with E-state index in [1.165, 1.54) is 103 Å². The van der Waals surface area contributed by atoms with E-state index in [1.807, 2.05) is 0 Å². The average molecular weight is 395 g/mol. The number of hydrogen-bond donors (Lipinski definition) is 0. The second-order valence-electron chi connectivity index (χ2n) is 8.89. The smallest absolute Gasteiger partial charge is 0.317 e. The van der Waals surface area contributed by atoms with E-state index >= 15 is 0 Å². The molecule has 0 aromatic heterocycles. The molecule has 1 rings (SSSR count). The van der Waals surface area contributed by atoms with E-state index in [0.717, 1.165) is 12.8 Å². The van der Waals surface area contributed by atoms with Gasteiger partial charge in [0.05, 0.1) is 12.3 Å². The van der Waals surface area contributed by atoms with Crippen molar-refractivity contribution in [3.8, 4) is 0 Å². The number of esters is 2. The predicted molar refractivity (Wildman–Crippen MR) is 117 cm³/mol. The van der Waals surface area contributed by atoms with Gasteiger partial charge in [0.1, 0.15) is 0 Å². The van der Waals surface area contributed by atoms with E-state index in [0.29, 0.717) is 12.3 Å². The molecule has 164 valence electrons. The molecule has 0 saturated carbocycles. The molecule has 1 fully saturated rings. The molecule has 1 heterocycles. The van der Waals surface area contributed by atoms with Crippen LogP contribution in [0.4, 0.5) is 0 Å². The largest absolute Gasteiger partial charge is 0.393 e. The van der Waals surface area contributed by atoms with Gasteiger partial charge in [0.15, 0.2) is 0 Å². The number of carbonyl (C=O) groups is 2. The second kappa shape index (κ2) is 17.0. The fourth-order valence-corrected chi connectivity index (χ4v) is 4.48. The van der Waals surface area contributed by atoms with Crippen molar-refractivity contribution in [3.63, 3.8) is 0 Å². The van der Waals surface area contributed by atoms with E-state index in [1.54, 1.807) is 0 Å². The van der Waals surface area contributed by atoms with Crippen LogP contribution < -0.4 is 0 Å². The highest BCUT2D eigenvalue weighted by atomic mass is 16.6. The molecule has 1 saturated heterocycles. The fraction of sp³-hybridized carbons (Fsp3) is 0.920. The third-order valence-electron chi connectivity index (χ3n) is 6.33. The van der Waals surface area contributed by atoms with E-state index in [4.69, 9.17) is 4.74 Å². The predicted octanol–water partition coefficient (Wildman–Crippen LogP) is 7.75. The molecule has 3 nitrogen and oxygen atoms in total. The molecule has 0 bridgehead atoms. The summed E-state index contributed by atoms with van der Waals surface area (Å²) < 4.78 is 4.84. The first-order chi connectivity index (χ1) is 13.7. The van der Waals surface area contributed by atoms with Crippen LogP contribution in [0.25, 0.3) is 0 Å². The Bertz CT molecular complexity index is 385. The van der Waals surface area contributed by atoms with Crippen molar-refractivity contribution in [3.05, 3.63) is 0 Å². The zero-order chi connectivity index (χ0) is 20.5. The second-order valence-corrected chi connectivity index (χ2v) is 8.89. The molecule has 0 aromatic carbocycles. The Hall–Kier alpha value is -0.860. The lowest BCUT2D eigenvalue weighted by molar-refractivity contribution is -0.153. The zero-order valence-electron chi connectivity index (χ0n) is 18.8. The van der Waals surface area contributed by atoms with Crippen LogP contribution in [-0.4, -0.2) is 11.9 Å². The summed E-state index contributed by atoms with van der Waals surface area (Å²) in [5.74, 6) is -0.387. The molecular formula is C25H46O3. The SMILES string of the molecule is CCCCCCCCCCC(CCCCCCCCCC)C1CC(=O)OC1=O. The lowest BCUT2D eigenvalue weighted by atomic mass is 9.82. The summed E-state index contributed by atoms with van der Waals surface area (Å²) in [5, 5.41) is 0. The van der Waals surface area contributed by atoms with Crippen LogP contribution in [0.1, 0.15) is 136 Å². The molecule has 1 aliphatic heterocycles. The van der Waals surface area contributed by atoms with E-state index in [-0.39, 0.29) is 17.9 Å². The quantitative estimate of drug-likeness (QED) is 0.128. The minimum atomic E-state index is -0.313. The van der Waals surface area contributed by atoms with Crippen LogP contribution in [0.5, 0.6) is 0 Å². The molecular weight excluding hydrogens is 348 g/mol. The van der Waals surface area contributed by atoms with Gasteiger partial charge >= 0.3 is 11.9 Å². The Morgan fingerprint density at radius 3 is 1.43 bits per heavy atom. The van der Waals surface area contributed by atoms with Gasteiger partial charge in [-0.05, 0) is 18.8 Å². The molecule has 1 unspecified atom stereocenters. The number of carbonyl (C=O) groups excluding carboxylic acids is 2. The first-order valence-electron chi connectivity index (χ1n) is 12.4. The number of rotatable bonds is 19. The normalized spacial score (nSPS) is 16.9. The van der Waals surface area contributed by atoms with Crippen LogP contribution >= 0.6 is 0 Å². The van der Waals surface area contributed by atoms with Crippen molar-refractivity contribution in [2.24, 2.45) is 11.8 Å². The van der Waals surface area contributed by atoms with Crippen molar-refractivity contribution in [2.45, 2.75) is 136 Å². The van der Waals surface area contributed by atoms with Gasteiger partial charge < -0.3 is 4.74 Å². The van der Waals surface area contributed by atoms with Crippen LogP contribution in [0.2, 0.25) is 0 Å². The molecule has 1 aliphatic rings. The maximum Gasteiger partial charge on any atom is 0.317 e. The first kappa shape index (κ1) is 25.2. The van der Waals surface area contributed by atoms with Gasteiger partial charge in [-0.2, -0.15) is 0 Å². The van der Waals surface area contributed by atoms with Crippen molar-refractivity contribution < 1.29 is 14.3 Å². The van der Waals surface area contributed by atoms with Gasteiger partial charge in [-0.3, -0.25) is 9.59 Å². The van der Waals surface area contributed by atoms with Gasteiger partial charge in [-0.25, -0.2) is 0 Å². The van der Waals surface area contributed by atoms with Crippen molar-refractivity contribution in [2.75, 3.05) is 0 Å². The summed E-state index contributed by atoms with van der Waals surface area (Å²) >= 11 is 0. The number of hydrogen-bond acceptors (Lipinski definition) is 3. The molecule has 0 aromatic rings. The Labute approximate surface area is 174 Å². The molecule has 0 radical (unpaired) electrons. The van der Waals surface area contributed by atoms with Crippen LogP contribution in [0.15, 0.2) is 0 Å². The van der Waals surface area contributed by atoms with Crippen LogP contribution in [0.3, 0.4) is 0 Å². The monoisotopic (exact) mass is 394 g/mol. The highest BCUT2D eigenvalue weighted by molar-refractivity contribution is 5.94. The van der Waals surface area contributed by atoms with Gasteiger partial charge in [0.25, 0.3) is 0 Å². The zero-order valence-corrected chi connectivity index (χ0v) is 18.8. The van der Waals surface area contributed by atoms with E-state index in [9.17, 15) is 9.59 Å². The Morgan fingerprint density at radius 1 is 0.679 bits per heavy atom. The standard InChI is InChI=1S/C25H46O3/c1-3-5-7-9-11-13-15-17-19-22(23-21-24(26)28-25(23)27)20-18-16-14-12-10-8-6-4-2/h22-23H,3-21H2,1-2H3. The lowest BCUT2D eigenvalue weighted by Gasteiger charge is -2.20. The number of ether oxygens (including phenoxy) is 1. The van der Waals surface area contributed by atoms with Crippen LogP contribution in [-0.2, 0) is 14.3 Å². The van der Waals surface area contributed by atoms with E-state index in [2.05, 4.69) is 13.8 Å². The Morgan fingerprint density at radius 2 is 1.07 bits per heavy atom. The highest BCUT2D eigenvalue weighted by Gasteiger charge is 2.38. The van der Waals surface area contributed by atoms with Gasteiger partial charge in [0, 0.05) is 0 Å². The summed E-state index contributed by atoms with van der Waals surface area (Å²) in [6.45, 7) is 4.51. The maximum absolute atomic E-state index is 12.1.